The van der Waals surface area contributed by atoms with E-state index in [0.717, 1.165) is 35.3 Å². The number of nitrogens with one attached hydrogen (secondary N) is 1. The van der Waals surface area contributed by atoms with Crippen LogP contribution in [0.15, 0.2) is 35.2 Å². The quantitative estimate of drug-likeness (QED) is 0.613. The lowest BCUT2D eigenvalue weighted by molar-refractivity contribution is 0.0789. The molecule has 1 heterocycles. The van der Waals surface area contributed by atoms with Gasteiger partial charge in [-0.2, -0.15) is 0 Å². The zero-order chi connectivity index (χ0) is 24.3. The lowest BCUT2D eigenvalue weighted by Crippen LogP contribution is -2.30. The molecule has 1 N–H and O–H groups in total. The van der Waals surface area contributed by atoms with Gasteiger partial charge < -0.3 is 14.4 Å². The largest absolute Gasteiger partial charge is 0.496 e. The van der Waals surface area contributed by atoms with E-state index >= 15 is 0 Å². The molecule has 3 rings (SSSR count). The first-order valence-corrected chi connectivity index (χ1v) is 12.8. The highest BCUT2D eigenvalue weighted by Crippen LogP contribution is 2.33. The molecule has 0 saturated carbocycles. The van der Waals surface area contributed by atoms with Crippen LogP contribution in [0, 0.1) is 6.92 Å². The average Bonchev–Trinajstić information content (AvgIpc) is 3.32. The van der Waals surface area contributed by atoms with Crippen molar-refractivity contribution in [3.63, 3.8) is 0 Å². The van der Waals surface area contributed by atoms with Crippen LogP contribution in [0.1, 0.15) is 72.6 Å². The maximum Gasteiger partial charge on any atom is 0.257 e. The number of hydrogen-bond acceptors (Lipinski definition) is 5. The Hall–Kier alpha value is -2.58. The van der Waals surface area contributed by atoms with E-state index in [1.54, 1.807) is 12.0 Å². The molecule has 0 aliphatic carbocycles. The Morgan fingerprint density at radius 3 is 2.18 bits per heavy atom. The van der Waals surface area contributed by atoms with Gasteiger partial charge >= 0.3 is 0 Å². The summed E-state index contributed by atoms with van der Waals surface area (Å²) in [6, 6.07) is 7.89. The molecule has 2 aromatic rings. The molecule has 2 aromatic carbocycles. The molecule has 0 radical (unpaired) electrons. The number of amides is 1. The molecule has 33 heavy (non-hydrogen) atoms. The topological polar surface area (TPSA) is 84.9 Å². The first-order chi connectivity index (χ1) is 15.6. The van der Waals surface area contributed by atoms with Crippen LogP contribution in [0.2, 0.25) is 0 Å². The maximum absolute atomic E-state index is 13.3. The molecule has 1 fully saturated rings. The van der Waals surface area contributed by atoms with Crippen molar-refractivity contribution in [2.24, 2.45) is 0 Å². The first-order valence-electron chi connectivity index (χ1n) is 11.3. The van der Waals surface area contributed by atoms with E-state index in [0.29, 0.717) is 18.8 Å². The maximum atomic E-state index is 13.3. The van der Waals surface area contributed by atoms with E-state index in [2.05, 4.69) is 18.6 Å². The molecule has 1 amide bonds. The number of likely N-dealkylation sites (tertiary alicyclic amines) is 1. The fourth-order valence-corrected chi connectivity index (χ4v) is 5.54. The molecule has 1 atom stereocenters. The molecule has 180 valence electrons. The number of rotatable bonds is 8. The standard InChI is InChI=1S/C25H34N2O5S/c1-16(2)20-15-21(17(3)13-24(20)32-6)18(4)26-33(29,30)19-9-10-23(31-5)22(14-19)25(28)27-11-7-8-12-27/h9-10,13-16,18,26H,7-8,11-12H2,1-6H3/t18-/m1/s1. The SMILES string of the molecule is COc1ccc(S(=O)(=O)N[C@H](C)c2cc(C(C)C)c(OC)cc2C)cc1C(=O)N1CCCC1. The Labute approximate surface area is 197 Å². The van der Waals surface area contributed by atoms with Crippen LogP contribution < -0.4 is 14.2 Å². The van der Waals surface area contributed by atoms with Gasteiger partial charge in [-0.3, -0.25) is 4.79 Å². The van der Waals surface area contributed by atoms with Gasteiger partial charge in [0.05, 0.1) is 24.7 Å². The second-order valence-electron chi connectivity index (χ2n) is 8.81. The van der Waals surface area contributed by atoms with E-state index in [4.69, 9.17) is 9.47 Å². The van der Waals surface area contributed by atoms with Crippen LogP contribution in [-0.4, -0.2) is 46.5 Å². The number of aryl methyl sites for hydroxylation is 1. The molecular weight excluding hydrogens is 440 g/mol. The molecule has 0 aromatic heterocycles. The lowest BCUT2D eigenvalue weighted by atomic mass is 9.94. The zero-order valence-electron chi connectivity index (χ0n) is 20.3. The van der Waals surface area contributed by atoms with Gasteiger partial charge in [-0.1, -0.05) is 13.8 Å². The summed E-state index contributed by atoms with van der Waals surface area (Å²) in [5.41, 5.74) is 3.10. The van der Waals surface area contributed by atoms with Gasteiger partial charge in [0.1, 0.15) is 11.5 Å². The van der Waals surface area contributed by atoms with Gasteiger partial charge in [-0.15, -0.1) is 0 Å². The van der Waals surface area contributed by atoms with Crippen molar-refractivity contribution in [1.82, 2.24) is 9.62 Å². The van der Waals surface area contributed by atoms with Crippen molar-refractivity contribution in [3.8, 4) is 11.5 Å². The third-order valence-electron chi connectivity index (χ3n) is 6.14. The molecule has 0 spiro atoms. The number of benzene rings is 2. The minimum atomic E-state index is -3.89. The van der Waals surface area contributed by atoms with Crippen LogP contribution >= 0.6 is 0 Å². The normalized spacial score (nSPS) is 15.1. The number of nitrogens with zero attached hydrogens (tertiary/aromatic N) is 1. The van der Waals surface area contributed by atoms with Gasteiger partial charge in [0, 0.05) is 19.1 Å². The Kier molecular flexibility index (Phi) is 7.69. The summed E-state index contributed by atoms with van der Waals surface area (Å²) in [6.07, 6.45) is 1.90. The Bertz CT molecular complexity index is 1120. The molecule has 7 nitrogen and oxygen atoms in total. The van der Waals surface area contributed by atoms with E-state index in [1.165, 1.54) is 25.3 Å². The molecule has 1 saturated heterocycles. The second-order valence-corrected chi connectivity index (χ2v) is 10.5. The van der Waals surface area contributed by atoms with Gasteiger partial charge in [0.2, 0.25) is 10.0 Å². The van der Waals surface area contributed by atoms with Crippen LogP contribution in [0.4, 0.5) is 0 Å². The molecule has 1 aliphatic heterocycles. The van der Waals surface area contributed by atoms with Crippen LogP contribution in [0.3, 0.4) is 0 Å². The third-order valence-corrected chi connectivity index (χ3v) is 7.68. The fraction of sp³-hybridized carbons (Fsp3) is 0.480. The summed E-state index contributed by atoms with van der Waals surface area (Å²) in [6.45, 7) is 9.24. The highest BCUT2D eigenvalue weighted by atomic mass is 32.2. The fourth-order valence-electron chi connectivity index (χ4n) is 4.29. The van der Waals surface area contributed by atoms with Crippen LogP contribution in [-0.2, 0) is 10.0 Å². The molecule has 1 aliphatic rings. The average molecular weight is 475 g/mol. The summed E-state index contributed by atoms with van der Waals surface area (Å²) >= 11 is 0. The van der Waals surface area contributed by atoms with Crippen molar-refractivity contribution in [1.29, 1.82) is 0 Å². The summed E-state index contributed by atoms with van der Waals surface area (Å²) in [7, 11) is -0.774. The van der Waals surface area contributed by atoms with Gasteiger partial charge in [0.15, 0.2) is 0 Å². The molecule has 0 bridgehead atoms. The summed E-state index contributed by atoms with van der Waals surface area (Å²) in [4.78, 5) is 14.7. The number of ether oxygens (including phenoxy) is 2. The number of sulfonamides is 1. The van der Waals surface area contributed by atoms with Crippen molar-refractivity contribution in [2.45, 2.75) is 57.4 Å². The molecule has 8 heteroatoms. The number of carbonyl (C=O) groups excluding carboxylic acids is 1. The van der Waals surface area contributed by atoms with Gasteiger partial charge in [-0.05, 0) is 79.6 Å². The van der Waals surface area contributed by atoms with Crippen molar-refractivity contribution >= 4 is 15.9 Å². The number of hydrogen-bond donors (Lipinski definition) is 1. The van der Waals surface area contributed by atoms with Gasteiger partial charge in [-0.25, -0.2) is 13.1 Å². The van der Waals surface area contributed by atoms with Crippen molar-refractivity contribution in [2.75, 3.05) is 27.3 Å². The smallest absolute Gasteiger partial charge is 0.257 e. The van der Waals surface area contributed by atoms with Crippen molar-refractivity contribution in [3.05, 3.63) is 52.6 Å². The predicted molar refractivity (Wildman–Crippen MR) is 129 cm³/mol. The van der Waals surface area contributed by atoms with Crippen LogP contribution in [0.5, 0.6) is 11.5 Å². The first kappa shape index (κ1) is 25.1. The molecular formula is C25H34N2O5S. The Balaban J connectivity index is 1.92. The highest BCUT2D eigenvalue weighted by molar-refractivity contribution is 7.89. The monoisotopic (exact) mass is 474 g/mol. The minimum absolute atomic E-state index is 0.0351. The van der Waals surface area contributed by atoms with Crippen LogP contribution in [0.25, 0.3) is 0 Å². The second kappa shape index (κ2) is 10.1. The van der Waals surface area contributed by atoms with E-state index in [-0.39, 0.29) is 22.3 Å². The summed E-state index contributed by atoms with van der Waals surface area (Å²) < 4.78 is 40.1. The highest BCUT2D eigenvalue weighted by Gasteiger charge is 2.26. The van der Waals surface area contributed by atoms with Gasteiger partial charge in [0.25, 0.3) is 5.91 Å². The minimum Gasteiger partial charge on any atom is -0.496 e. The lowest BCUT2D eigenvalue weighted by Gasteiger charge is -2.21. The molecule has 0 unspecified atom stereocenters. The Morgan fingerprint density at radius 2 is 1.61 bits per heavy atom. The van der Waals surface area contributed by atoms with Crippen molar-refractivity contribution < 1.29 is 22.7 Å². The number of carbonyl (C=O) groups is 1. The van der Waals surface area contributed by atoms with E-state index in [9.17, 15) is 13.2 Å². The Morgan fingerprint density at radius 1 is 0.970 bits per heavy atom. The zero-order valence-corrected chi connectivity index (χ0v) is 21.1. The summed E-state index contributed by atoms with van der Waals surface area (Å²) in [5.74, 6) is 1.18. The summed E-state index contributed by atoms with van der Waals surface area (Å²) in [5, 5.41) is 0. The van der Waals surface area contributed by atoms with E-state index < -0.39 is 16.1 Å². The van der Waals surface area contributed by atoms with E-state index in [1.807, 2.05) is 26.0 Å². The predicted octanol–water partition coefficient (Wildman–Crippen LogP) is 4.41. The third kappa shape index (κ3) is 5.33. The number of methoxy groups -OCH3 is 2.